The van der Waals surface area contributed by atoms with Gasteiger partial charge in [-0.1, -0.05) is 50.0 Å². The van der Waals surface area contributed by atoms with E-state index in [-0.39, 0.29) is 18.0 Å². The maximum absolute atomic E-state index is 12.0. The van der Waals surface area contributed by atoms with Crippen molar-refractivity contribution in [2.45, 2.75) is 46.2 Å². The molecule has 0 aromatic heterocycles. The van der Waals surface area contributed by atoms with Crippen molar-refractivity contribution in [3.05, 3.63) is 33.8 Å². The molecule has 118 valence electrons. The van der Waals surface area contributed by atoms with Gasteiger partial charge in [0.1, 0.15) is 0 Å². The van der Waals surface area contributed by atoms with Crippen LogP contribution in [0.15, 0.2) is 18.2 Å². The minimum atomic E-state index is -0.277. The van der Waals surface area contributed by atoms with Crippen LogP contribution in [0.1, 0.15) is 45.7 Å². The molecule has 1 rings (SSSR count). The van der Waals surface area contributed by atoms with Crippen molar-refractivity contribution in [3.8, 4) is 0 Å². The number of halogens is 2. The number of hydrogen-bond donors (Lipinski definition) is 2. The summed E-state index contributed by atoms with van der Waals surface area (Å²) in [4.78, 5) is 12.0. The van der Waals surface area contributed by atoms with E-state index in [0.717, 1.165) is 12.0 Å². The van der Waals surface area contributed by atoms with Crippen LogP contribution in [-0.4, -0.2) is 18.5 Å². The summed E-state index contributed by atoms with van der Waals surface area (Å²) >= 11 is 12.2. The number of carbonyl (C=O) groups excluding carboxylic acids is 1. The van der Waals surface area contributed by atoms with Crippen molar-refractivity contribution < 1.29 is 4.79 Å². The van der Waals surface area contributed by atoms with E-state index in [1.807, 2.05) is 19.1 Å². The Morgan fingerprint density at radius 3 is 2.43 bits per heavy atom. The third-order valence-electron chi connectivity index (χ3n) is 3.28. The molecule has 5 heteroatoms. The van der Waals surface area contributed by atoms with Gasteiger partial charge in [0, 0.05) is 22.6 Å². The quantitative estimate of drug-likeness (QED) is 0.786. The molecule has 0 radical (unpaired) electrons. The van der Waals surface area contributed by atoms with Gasteiger partial charge in [-0.15, -0.1) is 0 Å². The molecular formula is C16H24Cl2N2O. The number of carbonyl (C=O) groups is 1. The second kappa shape index (κ2) is 8.62. The highest BCUT2D eigenvalue weighted by Crippen LogP contribution is 2.28. The molecule has 0 fully saturated rings. The van der Waals surface area contributed by atoms with E-state index < -0.39 is 0 Å². The van der Waals surface area contributed by atoms with Crippen molar-refractivity contribution in [3.63, 3.8) is 0 Å². The highest BCUT2D eigenvalue weighted by molar-refractivity contribution is 6.35. The fourth-order valence-corrected chi connectivity index (χ4v) is 2.59. The maximum atomic E-state index is 12.0. The van der Waals surface area contributed by atoms with Crippen LogP contribution in [-0.2, 0) is 4.79 Å². The number of amides is 1. The zero-order valence-electron chi connectivity index (χ0n) is 13.0. The average molecular weight is 331 g/mol. The van der Waals surface area contributed by atoms with Gasteiger partial charge in [0.25, 0.3) is 0 Å². The van der Waals surface area contributed by atoms with Gasteiger partial charge in [0.05, 0.1) is 6.04 Å². The summed E-state index contributed by atoms with van der Waals surface area (Å²) in [6, 6.07) is 5.20. The van der Waals surface area contributed by atoms with Crippen LogP contribution in [0, 0.1) is 5.92 Å². The number of benzene rings is 1. The molecule has 2 unspecified atom stereocenters. The summed E-state index contributed by atoms with van der Waals surface area (Å²) in [5.41, 5.74) is 0.965. The maximum Gasteiger partial charge on any atom is 0.236 e. The van der Waals surface area contributed by atoms with Crippen molar-refractivity contribution in [1.82, 2.24) is 10.6 Å². The van der Waals surface area contributed by atoms with E-state index in [0.29, 0.717) is 22.5 Å². The Morgan fingerprint density at radius 2 is 1.90 bits per heavy atom. The van der Waals surface area contributed by atoms with Crippen LogP contribution in [0.3, 0.4) is 0 Å². The molecule has 1 aromatic rings. The summed E-state index contributed by atoms with van der Waals surface area (Å²) in [6.07, 6.45) is 0.836. The van der Waals surface area contributed by atoms with Gasteiger partial charge in [-0.2, -0.15) is 0 Å². The van der Waals surface area contributed by atoms with E-state index in [1.165, 1.54) is 0 Å². The fourth-order valence-electron chi connectivity index (χ4n) is 2.05. The normalized spacial score (nSPS) is 14.0. The lowest BCUT2D eigenvalue weighted by Crippen LogP contribution is -2.44. The molecule has 0 bridgehead atoms. The van der Waals surface area contributed by atoms with Gasteiger partial charge in [0.2, 0.25) is 5.91 Å². The van der Waals surface area contributed by atoms with Crippen LogP contribution in [0.25, 0.3) is 0 Å². The molecule has 1 amide bonds. The molecule has 0 aliphatic carbocycles. The Balaban J connectivity index is 2.71. The zero-order valence-corrected chi connectivity index (χ0v) is 14.6. The number of rotatable bonds is 7. The largest absolute Gasteiger partial charge is 0.354 e. The molecule has 1 aromatic carbocycles. The Hall–Kier alpha value is -0.770. The van der Waals surface area contributed by atoms with Gasteiger partial charge < -0.3 is 5.32 Å². The fraction of sp³-hybridized carbons (Fsp3) is 0.562. The van der Waals surface area contributed by atoms with E-state index in [2.05, 4.69) is 31.4 Å². The number of nitrogens with one attached hydrogen (secondary N) is 2. The smallest absolute Gasteiger partial charge is 0.236 e. The Bertz CT molecular complexity index is 477. The molecule has 3 nitrogen and oxygen atoms in total. The molecule has 0 saturated carbocycles. The molecular weight excluding hydrogens is 307 g/mol. The Labute approximate surface area is 137 Å². The SMILES string of the molecule is CCC(NC(C)C(=O)NCC(C)C)c1ccc(Cl)cc1Cl. The lowest BCUT2D eigenvalue weighted by Gasteiger charge is -2.23. The van der Waals surface area contributed by atoms with Crippen LogP contribution in [0.5, 0.6) is 0 Å². The molecule has 21 heavy (non-hydrogen) atoms. The summed E-state index contributed by atoms with van der Waals surface area (Å²) in [7, 11) is 0. The zero-order chi connectivity index (χ0) is 16.0. The van der Waals surface area contributed by atoms with Crippen LogP contribution in [0.2, 0.25) is 10.0 Å². The summed E-state index contributed by atoms with van der Waals surface area (Å²) in [6.45, 7) is 8.74. The van der Waals surface area contributed by atoms with Gasteiger partial charge in [-0.05, 0) is 37.0 Å². The highest BCUT2D eigenvalue weighted by Gasteiger charge is 2.19. The molecule has 0 aliphatic rings. The standard InChI is InChI=1S/C16H24Cl2N2O/c1-5-15(13-7-6-12(17)8-14(13)18)20-11(4)16(21)19-9-10(2)3/h6-8,10-11,15,20H,5,9H2,1-4H3,(H,19,21). The first-order valence-electron chi connectivity index (χ1n) is 7.33. The first kappa shape index (κ1) is 18.3. The molecule has 0 saturated heterocycles. The van der Waals surface area contributed by atoms with E-state index in [1.54, 1.807) is 6.07 Å². The molecule has 0 spiro atoms. The van der Waals surface area contributed by atoms with Crippen LogP contribution in [0.4, 0.5) is 0 Å². The first-order chi connectivity index (χ1) is 9.85. The monoisotopic (exact) mass is 330 g/mol. The predicted octanol–water partition coefficient (Wildman–Crippen LogP) is 4.19. The van der Waals surface area contributed by atoms with Crippen molar-refractivity contribution in [2.75, 3.05) is 6.54 Å². The highest BCUT2D eigenvalue weighted by atomic mass is 35.5. The topological polar surface area (TPSA) is 41.1 Å². The Kier molecular flexibility index (Phi) is 7.50. The second-order valence-electron chi connectivity index (χ2n) is 5.65. The van der Waals surface area contributed by atoms with E-state index >= 15 is 0 Å². The molecule has 2 N–H and O–H groups in total. The summed E-state index contributed by atoms with van der Waals surface area (Å²) in [5, 5.41) is 7.49. The van der Waals surface area contributed by atoms with E-state index in [4.69, 9.17) is 23.2 Å². The second-order valence-corrected chi connectivity index (χ2v) is 6.50. The Morgan fingerprint density at radius 1 is 1.24 bits per heavy atom. The summed E-state index contributed by atoms with van der Waals surface area (Å²) < 4.78 is 0. The molecule has 0 aliphatic heterocycles. The predicted molar refractivity (Wildman–Crippen MR) is 89.9 cm³/mol. The first-order valence-corrected chi connectivity index (χ1v) is 8.09. The van der Waals surface area contributed by atoms with Gasteiger partial charge in [-0.25, -0.2) is 0 Å². The molecule has 2 atom stereocenters. The number of hydrogen-bond acceptors (Lipinski definition) is 2. The van der Waals surface area contributed by atoms with Gasteiger partial charge in [0.15, 0.2) is 0 Å². The average Bonchev–Trinajstić information content (AvgIpc) is 2.42. The lowest BCUT2D eigenvalue weighted by molar-refractivity contribution is -0.123. The minimum Gasteiger partial charge on any atom is -0.354 e. The van der Waals surface area contributed by atoms with E-state index in [9.17, 15) is 4.79 Å². The lowest BCUT2D eigenvalue weighted by atomic mass is 10.0. The van der Waals surface area contributed by atoms with Gasteiger partial charge >= 0.3 is 0 Å². The van der Waals surface area contributed by atoms with Crippen molar-refractivity contribution in [2.24, 2.45) is 5.92 Å². The minimum absolute atomic E-state index is 0.00670. The molecule has 0 heterocycles. The van der Waals surface area contributed by atoms with Crippen molar-refractivity contribution >= 4 is 29.1 Å². The van der Waals surface area contributed by atoms with Crippen LogP contribution < -0.4 is 10.6 Å². The third-order valence-corrected chi connectivity index (χ3v) is 3.84. The third kappa shape index (κ3) is 5.85. The van der Waals surface area contributed by atoms with Crippen LogP contribution >= 0.6 is 23.2 Å². The summed E-state index contributed by atoms with van der Waals surface area (Å²) in [5.74, 6) is 0.445. The van der Waals surface area contributed by atoms with Crippen molar-refractivity contribution in [1.29, 1.82) is 0 Å². The van der Waals surface area contributed by atoms with Gasteiger partial charge in [-0.3, -0.25) is 10.1 Å².